The zero-order valence-corrected chi connectivity index (χ0v) is 12.4. The van der Waals surface area contributed by atoms with Crippen LogP contribution < -0.4 is 10.2 Å². The average molecular weight is 262 g/mol. The summed E-state index contributed by atoms with van der Waals surface area (Å²) in [5.41, 5.74) is 1.28. The molecule has 0 atom stereocenters. The van der Waals surface area contributed by atoms with Crippen LogP contribution in [0, 0.1) is 0 Å². The second-order valence-corrected chi connectivity index (χ2v) is 6.40. The molecule has 19 heavy (non-hydrogen) atoms. The van der Waals surface area contributed by atoms with Gasteiger partial charge in [-0.15, -0.1) is 0 Å². The molecule has 4 heteroatoms. The summed E-state index contributed by atoms with van der Waals surface area (Å²) in [4.78, 5) is 11.4. The summed E-state index contributed by atoms with van der Waals surface area (Å²) in [6.45, 7) is 9.52. The van der Waals surface area contributed by atoms with Crippen LogP contribution in [0.15, 0.2) is 12.4 Å². The van der Waals surface area contributed by atoms with Gasteiger partial charge in [0.05, 0.1) is 0 Å². The van der Waals surface area contributed by atoms with Crippen molar-refractivity contribution in [1.29, 1.82) is 0 Å². The summed E-state index contributed by atoms with van der Waals surface area (Å²) in [7, 11) is 0. The number of nitrogens with one attached hydrogen (secondary N) is 1. The molecular weight excluding hydrogens is 236 g/mol. The first-order valence-corrected chi connectivity index (χ1v) is 7.35. The molecule has 0 spiro atoms. The van der Waals surface area contributed by atoms with Crippen LogP contribution in [-0.4, -0.2) is 28.6 Å². The van der Waals surface area contributed by atoms with Crippen LogP contribution in [0.4, 0.5) is 5.95 Å². The molecule has 2 heterocycles. The molecule has 1 aliphatic heterocycles. The van der Waals surface area contributed by atoms with Gasteiger partial charge in [-0.05, 0) is 33.6 Å². The minimum absolute atomic E-state index is 0.128. The van der Waals surface area contributed by atoms with E-state index in [4.69, 9.17) is 0 Å². The van der Waals surface area contributed by atoms with Crippen molar-refractivity contribution in [2.24, 2.45) is 0 Å². The second kappa shape index (κ2) is 6.33. The molecule has 0 aliphatic carbocycles. The monoisotopic (exact) mass is 262 g/mol. The zero-order chi connectivity index (χ0) is 13.7. The van der Waals surface area contributed by atoms with Gasteiger partial charge >= 0.3 is 0 Å². The van der Waals surface area contributed by atoms with E-state index in [-0.39, 0.29) is 5.54 Å². The van der Waals surface area contributed by atoms with Gasteiger partial charge in [-0.1, -0.05) is 12.8 Å². The maximum Gasteiger partial charge on any atom is 0.225 e. The molecule has 1 aromatic rings. The Morgan fingerprint density at radius 1 is 1.05 bits per heavy atom. The van der Waals surface area contributed by atoms with Gasteiger partial charge in [0.2, 0.25) is 5.95 Å². The van der Waals surface area contributed by atoms with Gasteiger partial charge < -0.3 is 10.2 Å². The summed E-state index contributed by atoms with van der Waals surface area (Å²) in [6.07, 6.45) is 9.10. The maximum absolute atomic E-state index is 4.52. The number of anilines is 1. The molecule has 0 bridgehead atoms. The fourth-order valence-corrected chi connectivity index (χ4v) is 2.24. The van der Waals surface area contributed by atoms with Crippen LogP contribution in [0.1, 0.15) is 52.0 Å². The Labute approximate surface area is 116 Å². The lowest BCUT2D eigenvalue weighted by atomic mass is 10.1. The number of rotatable bonds is 3. The lowest BCUT2D eigenvalue weighted by Crippen LogP contribution is -2.35. The molecule has 0 aromatic carbocycles. The number of nitrogens with zero attached hydrogens (tertiary/aromatic N) is 3. The summed E-state index contributed by atoms with van der Waals surface area (Å²) in [5, 5.41) is 3.45. The van der Waals surface area contributed by atoms with E-state index in [1.807, 2.05) is 12.4 Å². The van der Waals surface area contributed by atoms with E-state index in [1.165, 1.54) is 25.7 Å². The first-order valence-electron chi connectivity index (χ1n) is 7.35. The molecule has 4 nitrogen and oxygen atoms in total. The molecule has 0 unspecified atom stereocenters. The molecule has 2 rings (SSSR count). The first-order chi connectivity index (χ1) is 9.04. The molecule has 0 saturated carbocycles. The van der Waals surface area contributed by atoms with Crippen LogP contribution in [0.2, 0.25) is 0 Å². The highest BCUT2D eigenvalue weighted by molar-refractivity contribution is 5.29. The van der Waals surface area contributed by atoms with E-state index in [9.17, 15) is 0 Å². The van der Waals surface area contributed by atoms with Gasteiger partial charge in [-0.3, -0.25) is 0 Å². The Balaban J connectivity index is 1.93. The van der Waals surface area contributed by atoms with E-state index in [0.717, 1.165) is 31.1 Å². The average Bonchev–Trinajstić information content (AvgIpc) is 2.65. The third kappa shape index (κ3) is 4.78. The molecule has 1 saturated heterocycles. The lowest BCUT2D eigenvalue weighted by molar-refractivity contribution is 0.423. The summed E-state index contributed by atoms with van der Waals surface area (Å²) < 4.78 is 0. The predicted octanol–water partition coefficient (Wildman–Crippen LogP) is 2.75. The van der Waals surface area contributed by atoms with Crippen molar-refractivity contribution in [2.45, 2.75) is 58.5 Å². The molecule has 1 aliphatic rings. The standard InChI is InChI=1S/C15H26N4/c1-15(2,3)18-12-13-10-16-14(17-11-13)19-8-6-4-5-7-9-19/h10-11,18H,4-9,12H2,1-3H3. The molecule has 1 fully saturated rings. The maximum atomic E-state index is 4.52. The molecule has 106 valence electrons. The van der Waals surface area contributed by atoms with E-state index >= 15 is 0 Å². The summed E-state index contributed by atoms with van der Waals surface area (Å²) in [5.74, 6) is 0.890. The largest absolute Gasteiger partial charge is 0.341 e. The van der Waals surface area contributed by atoms with Gasteiger partial charge in [-0.2, -0.15) is 0 Å². The third-order valence-corrected chi connectivity index (χ3v) is 3.40. The minimum atomic E-state index is 0.128. The Morgan fingerprint density at radius 3 is 2.16 bits per heavy atom. The van der Waals surface area contributed by atoms with Gasteiger partial charge in [-0.25, -0.2) is 9.97 Å². The van der Waals surface area contributed by atoms with Crippen molar-refractivity contribution in [3.63, 3.8) is 0 Å². The highest BCUT2D eigenvalue weighted by atomic mass is 15.2. The molecular formula is C15H26N4. The van der Waals surface area contributed by atoms with Crippen molar-refractivity contribution in [3.05, 3.63) is 18.0 Å². The van der Waals surface area contributed by atoms with Gasteiger partial charge in [0.15, 0.2) is 0 Å². The first kappa shape index (κ1) is 14.3. The topological polar surface area (TPSA) is 41.1 Å². The van der Waals surface area contributed by atoms with E-state index in [1.54, 1.807) is 0 Å². The van der Waals surface area contributed by atoms with Crippen molar-refractivity contribution >= 4 is 5.95 Å². The Bertz CT molecular complexity index is 372. The molecule has 1 N–H and O–H groups in total. The molecule has 0 amide bonds. The normalized spacial score (nSPS) is 17.3. The summed E-state index contributed by atoms with van der Waals surface area (Å²) in [6, 6.07) is 0. The fraction of sp³-hybridized carbons (Fsp3) is 0.733. The van der Waals surface area contributed by atoms with Crippen molar-refractivity contribution in [2.75, 3.05) is 18.0 Å². The zero-order valence-electron chi connectivity index (χ0n) is 12.4. The molecule has 0 radical (unpaired) electrons. The van der Waals surface area contributed by atoms with Crippen LogP contribution in [0.5, 0.6) is 0 Å². The quantitative estimate of drug-likeness (QED) is 0.909. The van der Waals surface area contributed by atoms with Gasteiger partial charge in [0.25, 0.3) is 0 Å². The van der Waals surface area contributed by atoms with Crippen LogP contribution in [-0.2, 0) is 6.54 Å². The smallest absolute Gasteiger partial charge is 0.225 e. The van der Waals surface area contributed by atoms with E-state index < -0.39 is 0 Å². The fourth-order valence-electron chi connectivity index (χ4n) is 2.24. The van der Waals surface area contributed by atoms with Crippen LogP contribution >= 0.6 is 0 Å². The van der Waals surface area contributed by atoms with Crippen LogP contribution in [0.25, 0.3) is 0 Å². The minimum Gasteiger partial charge on any atom is -0.341 e. The van der Waals surface area contributed by atoms with Gasteiger partial charge in [0, 0.05) is 43.1 Å². The third-order valence-electron chi connectivity index (χ3n) is 3.40. The number of hydrogen-bond donors (Lipinski definition) is 1. The van der Waals surface area contributed by atoms with E-state index in [2.05, 4.69) is 41.0 Å². The Hall–Kier alpha value is -1.16. The lowest BCUT2D eigenvalue weighted by Gasteiger charge is -2.21. The second-order valence-electron chi connectivity index (χ2n) is 6.40. The highest BCUT2D eigenvalue weighted by Gasteiger charge is 2.13. The number of aromatic nitrogens is 2. The van der Waals surface area contributed by atoms with E-state index in [0.29, 0.717) is 0 Å². The molecule has 1 aromatic heterocycles. The highest BCUT2D eigenvalue weighted by Crippen LogP contribution is 2.15. The van der Waals surface area contributed by atoms with Crippen molar-refractivity contribution < 1.29 is 0 Å². The van der Waals surface area contributed by atoms with Gasteiger partial charge in [0.1, 0.15) is 0 Å². The Morgan fingerprint density at radius 2 is 1.63 bits per heavy atom. The van der Waals surface area contributed by atoms with Crippen molar-refractivity contribution in [3.8, 4) is 0 Å². The Kier molecular flexibility index (Phi) is 4.75. The van der Waals surface area contributed by atoms with Crippen molar-refractivity contribution in [1.82, 2.24) is 15.3 Å². The van der Waals surface area contributed by atoms with Crippen LogP contribution in [0.3, 0.4) is 0 Å². The predicted molar refractivity (Wildman–Crippen MR) is 79.3 cm³/mol. The number of hydrogen-bond acceptors (Lipinski definition) is 4. The summed E-state index contributed by atoms with van der Waals surface area (Å²) >= 11 is 0. The SMILES string of the molecule is CC(C)(C)NCc1cnc(N2CCCCCC2)nc1.